The largest absolute Gasteiger partial charge is 0.310 e. The van der Waals surface area contributed by atoms with Crippen molar-refractivity contribution in [1.29, 1.82) is 0 Å². The summed E-state index contributed by atoms with van der Waals surface area (Å²) in [6.45, 7) is 14.3. The molecule has 0 radical (unpaired) electrons. The molecule has 0 unspecified atom stereocenters. The van der Waals surface area contributed by atoms with Crippen molar-refractivity contribution in [3.8, 4) is 0 Å². The van der Waals surface area contributed by atoms with E-state index in [0.29, 0.717) is 12.0 Å². The first-order chi connectivity index (χ1) is 7.52. The van der Waals surface area contributed by atoms with Crippen LogP contribution in [0, 0.1) is 0 Å². The van der Waals surface area contributed by atoms with Crippen LogP contribution in [0.25, 0.3) is 6.08 Å². The predicted molar refractivity (Wildman–Crippen MR) is 70.6 cm³/mol. The summed E-state index contributed by atoms with van der Waals surface area (Å²) < 4.78 is 2.18. The van der Waals surface area contributed by atoms with Crippen LogP contribution in [-0.2, 0) is 0 Å². The van der Waals surface area contributed by atoms with E-state index in [4.69, 9.17) is 0 Å². The summed E-state index contributed by atoms with van der Waals surface area (Å²) in [6.07, 6.45) is 3.57. The molecule has 0 saturated heterocycles. The zero-order chi connectivity index (χ0) is 12.3. The summed E-state index contributed by atoms with van der Waals surface area (Å²) in [5.74, 6) is 2.38. The molecule has 1 rings (SSSR count). The Balaban J connectivity index is 3.47. The number of imidazole rings is 1. The van der Waals surface area contributed by atoms with E-state index in [1.807, 2.05) is 6.92 Å². The van der Waals surface area contributed by atoms with Crippen LogP contribution >= 0.6 is 0 Å². The number of aromatic nitrogens is 2. The van der Waals surface area contributed by atoms with Crippen molar-refractivity contribution in [2.45, 2.75) is 46.6 Å². The highest BCUT2D eigenvalue weighted by atomic mass is 15.2. The fourth-order valence-electron chi connectivity index (χ4n) is 1.76. The minimum absolute atomic E-state index is 0.359. The normalized spacial score (nSPS) is 11.9. The van der Waals surface area contributed by atoms with Crippen molar-refractivity contribution in [3.05, 3.63) is 18.1 Å². The Morgan fingerprint density at radius 3 is 2.31 bits per heavy atom. The van der Waals surface area contributed by atoms with Crippen LogP contribution in [0.1, 0.15) is 58.1 Å². The molecule has 0 fully saturated rings. The summed E-state index contributed by atoms with van der Waals surface area (Å²) >= 11 is 0. The van der Waals surface area contributed by atoms with Gasteiger partial charge in [-0.2, -0.15) is 0 Å². The Kier molecular flexibility index (Phi) is 4.05. The van der Waals surface area contributed by atoms with Gasteiger partial charge in [-0.15, -0.1) is 0 Å². The molecule has 1 heterocycles. The average molecular weight is 219 g/mol. The fourth-order valence-corrected chi connectivity index (χ4v) is 1.76. The summed E-state index contributed by atoms with van der Waals surface area (Å²) in [6, 6.07) is 0.359. The second-order valence-corrected chi connectivity index (χ2v) is 4.39. The lowest BCUT2D eigenvalue weighted by Gasteiger charge is -2.15. The third kappa shape index (κ3) is 2.23. The minimum atomic E-state index is 0.359. The van der Waals surface area contributed by atoms with Crippen molar-refractivity contribution in [2.24, 2.45) is 4.99 Å². The molecular weight excluding hydrogens is 198 g/mol. The van der Waals surface area contributed by atoms with E-state index in [1.54, 1.807) is 12.3 Å². The first kappa shape index (κ1) is 12.7. The molecule has 3 heteroatoms. The maximum absolute atomic E-state index is 4.60. The van der Waals surface area contributed by atoms with Crippen LogP contribution in [0.15, 0.2) is 11.6 Å². The second kappa shape index (κ2) is 5.10. The molecule has 0 aliphatic heterocycles. The number of hydrogen-bond donors (Lipinski definition) is 0. The maximum Gasteiger partial charge on any atom is 0.159 e. The molecule has 0 N–H and O–H groups in total. The smallest absolute Gasteiger partial charge is 0.159 e. The van der Waals surface area contributed by atoms with Crippen LogP contribution in [-0.4, -0.2) is 15.8 Å². The van der Waals surface area contributed by atoms with Gasteiger partial charge in [-0.1, -0.05) is 20.4 Å². The molecule has 88 valence electrons. The van der Waals surface area contributed by atoms with Crippen LogP contribution < -0.4 is 0 Å². The molecule has 1 aromatic rings. The van der Waals surface area contributed by atoms with Gasteiger partial charge in [-0.3, -0.25) is 0 Å². The number of aliphatic imine (C=N–C) groups is 1. The van der Waals surface area contributed by atoms with Gasteiger partial charge in [-0.05, 0) is 26.8 Å². The standard InChI is InChI=1S/C13H21N3/c1-7-11-13(14-8-2)16(10(5)6)12(15-11)9(3)4/h7-10H,1H2,2-6H3/b14-8-. The Labute approximate surface area is 97.9 Å². The third-order valence-corrected chi connectivity index (χ3v) is 2.42. The van der Waals surface area contributed by atoms with Gasteiger partial charge in [0.2, 0.25) is 0 Å². The first-order valence-corrected chi connectivity index (χ1v) is 5.76. The summed E-state index contributed by atoms with van der Waals surface area (Å²) in [5, 5.41) is 0. The zero-order valence-corrected chi connectivity index (χ0v) is 10.9. The van der Waals surface area contributed by atoms with Gasteiger partial charge in [0.05, 0.1) is 0 Å². The topological polar surface area (TPSA) is 30.2 Å². The Morgan fingerprint density at radius 1 is 1.31 bits per heavy atom. The molecule has 0 aliphatic carbocycles. The molecule has 0 amide bonds. The molecule has 3 nitrogen and oxygen atoms in total. The zero-order valence-electron chi connectivity index (χ0n) is 10.9. The van der Waals surface area contributed by atoms with Crippen molar-refractivity contribution >= 4 is 18.1 Å². The second-order valence-electron chi connectivity index (χ2n) is 4.39. The summed E-state index contributed by atoms with van der Waals surface area (Å²) in [5.41, 5.74) is 0.871. The molecule has 0 saturated carbocycles. The first-order valence-electron chi connectivity index (χ1n) is 5.76. The van der Waals surface area contributed by atoms with Gasteiger partial charge in [0.15, 0.2) is 5.82 Å². The van der Waals surface area contributed by atoms with E-state index in [0.717, 1.165) is 17.3 Å². The van der Waals surface area contributed by atoms with Crippen molar-refractivity contribution in [3.63, 3.8) is 0 Å². The summed E-state index contributed by atoms with van der Waals surface area (Å²) in [4.78, 5) is 9.01. The SMILES string of the molecule is C=Cc1nc(C(C)C)n(C(C)C)c1/N=C\C. The van der Waals surface area contributed by atoms with E-state index in [9.17, 15) is 0 Å². The Morgan fingerprint density at radius 2 is 1.94 bits per heavy atom. The van der Waals surface area contributed by atoms with Crippen LogP contribution in [0.4, 0.5) is 5.82 Å². The summed E-state index contributed by atoms with van der Waals surface area (Å²) in [7, 11) is 0. The molecule has 16 heavy (non-hydrogen) atoms. The number of nitrogens with zero attached hydrogens (tertiary/aromatic N) is 3. The molecule has 0 spiro atoms. The van der Waals surface area contributed by atoms with E-state index in [2.05, 4.69) is 48.8 Å². The van der Waals surface area contributed by atoms with Gasteiger partial charge in [0.25, 0.3) is 0 Å². The van der Waals surface area contributed by atoms with E-state index in [-0.39, 0.29) is 0 Å². The molecule has 0 aliphatic rings. The lowest BCUT2D eigenvalue weighted by atomic mass is 10.2. The molecule has 0 aromatic carbocycles. The van der Waals surface area contributed by atoms with E-state index < -0.39 is 0 Å². The van der Waals surface area contributed by atoms with Crippen LogP contribution in [0.5, 0.6) is 0 Å². The van der Waals surface area contributed by atoms with Gasteiger partial charge < -0.3 is 4.57 Å². The van der Waals surface area contributed by atoms with E-state index in [1.165, 1.54) is 0 Å². The average Bonchev–Trinajstić information content (AvgIpc) is 2.57. The van der Waals surface area contributed by atoms with Gasteiger partial charge >= 0.3 is 0 Å². The highest BCUT2D eigenvalue weighted by Gasteiger charge is 2.18. The van der Waals surface area contributed by atoms with E-state index >= 15 is 0 Å². The van der Waals surface area contributed by atoms with Gasteiger partial charge in [0.1, 0.15) is 11.5 Å². The molecular formula is C13H21N3. The maximum atomic E-state index is 4.60. The predicted octanol–water partition coefficient (Wildman–Crippen LogP) is 3.95. The fraction of sp³-hybridized carbons (Fsp3) is 0.538. The van der Waals surface area contributed by atoms with Crippen molar-refractivity contribution < 1.29 is 0 Å². The Hall–Kier alpha value is -1.38. The lowest BCUT2D eigenvalue weighted by Crippen LogP contribution is -2.07. The molecule has 0 bridgehead atoms. The van der Waals surface area contributed by atoms with Crippen LogP contribution in [0.2, 0.25) is 0 Å². The molecule has 0 atom stereocenters. The third-order valence-electron chi connectivity index (χ3n) is 2.42. The van der Waals surface area contributed by atoms with Crippen molar-refractivity contribution in [1.82, 2.24) is 9.55 Å². The number of rotatable bonds is 4. The Bertz CT molecular complexity index is 398. The highest BCUT2D eigenvalue weighted by molar-refractivity contribution is 5.65. The monoisotopic (exact) mass is 219 g/mol. The minimum Gasteiger partial charge on any atom is -0.310 e. The van der Waals surface area contributed by atoms with Crippen molar-refractivity contribution in [2.75, 3.05) is 0 Å². The number of hydrogen-bond acceptors (Lipinski definition) is 2. The quantitative estimate of drug-likeness (QED) is 0.705. The highest BCUT2D eigenvalue weighted by Crippen LogP contribution is 2.30. The molecule has 1 aromatic heterocycles. The van der Waals surface area contributed by atoms with Crippen LogP contribution in [0.3, 0.4) is 0 Å². The van der Waals surface area contributed by atoms with Gasteiger partial charge in [0, 0.05) is 18.2 Å². The lowest BCUT2D eigenvalue weighted by molar-refractivity contribution is 0.553. The van der Waals surface area contributed by atoms with Gasteiger partial charge in [-0.25, -0.2) is 9.98 Å².